The van der Waals surface area contributed by atoms with Crippen molar-refractivity contribution < 1.29 is 4.74 Å². The smallest absolute Gasteiger partial charge is 0.179 e. The van der Waals surface area contributed by atoms with Crippen LogP contribution in [0.1, 0.15) is 29.2 Å². The molecule has 0 aliphatic rings. The van der Waals surface area contributed by atoms with Gasteiger partial charge in [0, 0.05) is 17.7 Å². The van der Waals surface area contributed by atoms with Crippen LogP contribution in [0.15, 0.2) is 48.5 Å². The first kappa shape index (κ1) is 14.4. The van der Waals surface area contributed by atoms with Gasteiger partial charge in [0.25, 0.3) is 0 Å². The van der Waals surface area contributed by atoms with E-state index in [1.165, 1.54) is 11.1 Å². The molecule has 2 aromatic rings. The Hall–Kier alpha value is -2.04. The fraction of sp³-hybridized carbons (Fsp3) is 0.263. The minimum Gasteiger partial charge on any atom is -0.354 e. The highest BCUT2D eigenvalue weighted by molar-refractivity contribution is 5.45. The highest BCUT2D eigenvalue weighted by atomic mass is 16.5. The van der Waals surface area contributed by atoms with E-state index in [-0.39, 0.29) is 0 Å². The molecule has 0 aliphatic heterocycles. The molecule has 102 valence electrons. The summed E-state index contributed by atoms with van der Waals surface area (Å²) in [5.41, 5.74) is 3.60. The number of aryl methyl sites for hydroxylation is 2. The fourth-order valence-electron chi connectivity index (χ4n) is 2.33. The molecule has 0 spiro atoms. The van der Waals surface area contributed by atoms with Gasteiger partial charge in [0.1, 0.15) is 0 Å². The molecule has 0 bridgehead atoms. The number of rotatable bonds is 4. The maximum Gasteiger partial charge on any atom is 0.179 e. The molecule has 0 fully saturated rings. The molecule has 0 aromatic heterocycles. The lowest BCUT2D eigenvalue weighted by Crippen LogP contribution is -2.29. The van der Waals surface area contributed by atoms with Gasteiger partial charge in [-0.05, 0) is 20.8 Å². The second kappa shape index (κ2) is 5.94. The lowest BCUT2D eigenvalue weighted by molar-refractivity contribution is 0.0357. The van der Waals surface area contributed by atoms with Crippen LogP contribution in [0.5, 0.6) is 0 Å². The van der Waals surface area contributed by atoms with Crippen LogP contribution in [0.3, 0.4) is 0 Å². The first-order valence-electron chi connectivity index (χ1n) is 6.88. The summed E-state index contributed by atoms with van der Waals surface area (Å²) >= 11 is 0. The number of hydrogen-bond acceptors (Lipinski definition) is 1. The van der Waals surface area contributed by atoms with Crippen LogP contribution in [-0.4, -0.2) is 6.61 Å². The zero-order valence-electron chi connectivity index (χ0n) is 12.3. The van der Waals surface area contributed by atoms with Gasteiger partial charge in [-0.15, -0.1) is 6.42 Å². The van der Waals surface area contributed by atoms with Crippen LogP contribution in [0.4, 0.5) is 0 Å². The number of hydrogen-bond donors (Lipinski definition) is 0. The van der Waals surface area contributed by atoms with Crippen molar-refractivity contribution in [1.29, 1.82) is 0 Å². The van der Waals surface area contributed by atoms with Gasteiger partial charge in [-0.2, -0.15) is 0 Å². The molecule has 0 atom stereocenters. The number of terminal acetylenes is 1. The van der Waals surface area contributed by atoms with Gasteiger partial charge in [-0.3, -0.25) is 0 Å². The average Bonchev–Trinajstić information content (AvgIpc) is 2.47. The summed E-state index contributed by atoms with van der Waals surface area (Å²) in [6.07, 6.45) is 5.86. The third kappa shape index (κ3) is 2.61. The molecule has 0 heterocycles. The van der Waals surface area contributed by atoms with Gasteiger partial charge in [0.05, 0.1) is 0 Å². The standard InChI is InChI=1S/C19H20O/c1-5-19(20-6-2,17-11-7-15(3)8-12-17)18-13-9-16(4)10-14-18/h1,7-14H,6H2,2-4H3. The highest BCUT2D eigenvalue weighted by Gasteiger charge is 2.32. The van der Waals surface area contributed by atoms with E-state index >= 15 is 0 Å². The molecule has 0 aliphatic carbocycles. The van der Waals surface area contributed by atoms with Crippen LogP contribution < -0.4 is 0 Å². The van der Waals surface area contributed by atoms with Gasteiger partial charge < -0.3 is 4.74 Å². The zero-order valence-corrected chi connectivity index (χ0v) is 12.3. The second-order valence-corrected chi connectivity index (χ2v) is 4.99. The quantitative estimate of drug-likeness (QED) is 0.751. The summed E-state index contributed by atoms with van der Waals surface area (Å²) in [6, 6.07) is 16.4. The summed E-state index contributed by atoms with van der Waals surface area (Å²) in [7, 11) is 0. The van der Waals surface area contributed by atoms with Crippen LogP contribution in [0.2, 0.25) is 0 Å². The molecular weight excluding hydrogens is 244 g/mol. The van der Waals surface area contributed by atoms with Crippen LogP contribution >= 0.6 is 0 Å². The minimum atomic E-state index is -0.809. The third-order valence-electron chi connectivity index (χ3n) is 3.48. The van der Waals surface area contributed by atoms with Crippen molar-refractivity contribution in [1.82, 2.24) is 0 Å². The van der Waals surface area contributed by atoms with E-state index in [4.69, 9.17) is 11.2 Å². The number of ether oxygens (including phenoxy) is 1. The zero-order chi connectivity index (χ0) is 14.6. The van der Waals surface area contributed by atoms with Crippen LogP contribution in [-0.2, 0) is 10.3 Å². The van der Waals surface area contributed by atoms with E-state index in [2.05, 4.69) is 44.0 Å². The Morgan fingerprint density at radius 3 is 1.60 bits per heavy atom. The van der Waals surface area contributed by atoms with E-state index < -0.39 is 5.60 Å². The van der Waals surface area contributed by atoms with Crippen molar-refractivity contribution in [2.24, 2.45) is 0 Å². The third-order valence-corrected chi connectivity index (χ3v) is 3.48. The Labute approximate surface area is 121 Å². The average molecular weight is 264 g/mol. The molecule has 2 rings (SSSR count). The van der Waals surface area contributed by atoms with Crippen molar-refractivity contribution in [2.75, 3.05) is 6.61 Å². The molecule has 0 radical (unpaired) electrons. The lowest BCUT2D eigenvalue weighted by atomic mass is 9.86. The van der Waals surface area contributed by atoms with Crippen LogP contribution in [0, 0.1) is 26.2 Å². The van der Waals surface area contributed by atoms with Gasteiger partial charge >= 0.3 is 0 Å². The molecule has 20 heavy (non-hydrogen) atoms. The Balaban J connectivity index is 2.58. The van der Waals surface area contributed by atoms with E-state index in [0.717, 1.165) is 11.1 Å². The Kier molecular flexibility index (Phi) is 4.27. The van der Waals surface area contributed by atoms with Gasteiger partial charge in [0.15, 0.2) is 5.60 Å². The van der Waals surface area contributed by atoms with Crippen LogP contribution in [0.25, 0.3) is 0 Å². The first-order chi connectivity index (χ1) is 9.62. The Bertz CT molecular complexity index is 554. The van der Waals surface area contributed by atoms with Gasteiger partial charge in [-0.1, -0.05) is 65.6 Å². The highest BCUT2D eigenvalue weighted by Crippen LogP contribution is 2.33. The molecule has 0 unspecified atom stereocenters. The molecule has 0 amide bonds. The molecular formula is C19H20O. The molecule has 0 saturated carbocycles. The predicted molar refractivity (Wildman–Crippen MR) is 83.6 cm³/mol. The molecule has 2 aromatic carbocycles. The SMILES string of the molecule is C#CC(OCC)(c1ccc(C)cc1)c1ccc(C)cc1. The topological polar surface area (TPSA) is 9.23 Å². The maximum atomic E-state index is 5.99. The molecule has 1 nitrogen and oxygen atoms in total. The summed E-state index contributed by atoms with van der Waals surface area (Å²) < 4.78 is 5.99. The predicted octanol–water partition coefficient (Wildman–Crippen LogP) is 4.22. The molecule has 0 saturated heterocycles. The van der Waals surface area contributed by atoms with E-state index in [0.29, 0.717) is 6.61 Å². The second-order valence-electron chi connectivity index (χ2n) is 4.99. The van der Waals surface area contributed by atoms with E-state index in [9.17, 15) is 0 Å². The Morgan fingerprint density at radius 2 is 1.30 bits per heavy atom. The normalized spacial score (nSPS) is 11.1. The summed E-state index contributed by atoms with van der Waals surface area (Å²) in [4.78, 5) is 0. The van der Waals surface area contributed by atoms with E-state index in [1.807, 2.05) is 31.2 Å². The summed E-state index contributed by atoms with van der Waals surface area (Å²) in [5, 5.41) is 0. The van der Waals surface area contributed by atoms with Crippen molar-refractivity contribution in [3.63, 3.8) is 0 Å². The minimum absolute atomic E-state index is 0.561. The van der Waals surface area contributed by atoms with E-state index in [1.54, 1.807) is 0 Å². The number of benzene rings is 2. The maximum absolute atomic E-state index is 5.99. The van der Waals surface area contributed by atoms with Gasteiger partial charge in [-0.25, -0.2) is 0 Å². The largest absolute Gasteiger partial charge is 0.354 e. The van der Waals surface area contributed by atoms with Crippen molar-refractivity contribution in [3.8, 4) is 12.3 Å². The van der Waals surface area contributed by atoms with Gasteiger partial charge in [0.2, 0.25) is 0 Å². The molecule has 0 N–H and O–H groups in total. The molecule has 1 heteroatoms. The Morgan fingerprint density at radius 1 is 0.900 bits per heavy atom. The monoisotopic (exact) mass is 264 g/mol. The first-order valence-corrected chi connectivity index (χ1v) is 6.88. The fourth-order valence-corrected chi connectivity index (χ4v) is 2.33. The van der Waals surface area contributed by atoms with Crippen molar-refractivity contribution in [3.05, 3.63) is 70.8 Å². The summed E-state index contributed by atoms with van der Waals surface area (Å²) in [6.45, 7) is 6.65. The summed E-state index contributed by atoms with van der Waals surface area (Å²) in [5.74, 6) is 2.87. The van der Waals surface area contributed by atoms with Crippen molar-refractivity contribution >= 4 is 0 Å². The lowest BCUT2D eigenvalue weighted by Gasteiger charge is -2.29. The van der Waals surface area contributed by atoms with Crippen molar-refractivity contribution in [2.45, 2.75) is 26.4 Å².